The summed E-state index contributed by atoms with van der Waals surface area (Å²) in [7, 11) is 1.55. The van der Waals surface area contributed by atoms with Crippen LogP contribution in [0.5, 0.6) is 0 Å². The lowest BCUT2D eigenvalue weighted by Crippen LogP contribution is -2.58. The van der Waals surface area contributed by atoms with Crippen LogP contribution in [0.1, 0.15) is 37.1 Å². The molecule has 1 aliphatic heterocycles. The molecule has 1 spiro atoms. The molecule has 1 aromatic heterocycles. The first kappa shape index (κ1) is 13.9. The highest BCUT2D eigenvalue weighted by molar-refractivity contribution is 5.14. The molecule has 1 saturated carbocycles. The van der Waals surface area contributed by atoms with Crippen LogP contribution >= 0.6 is 0 Å². The van der Waals surface area contributed by atoms with Crippen molar-refractivity contribution < 1.29 is 13.2 Å². The van der Waals surface area contributed by atoms with E-state index >= 15 is 0 Å². The van der Waals surface area contributed by atoms with Gasteiger partial charge in [0, 0.05) is 25.2 Å². The molecule has 0 aromatic carbocycles. The van der Waals surface area contributed by atoms with Gasteiger partial charge in [-0.15, -0.1) is 0 Å². The van der Waals surface area contributed by atoms with Crippen molar-refractivity contribution >= 4 is 0 Å². The third-order valence-electron chi connectivity index (χ3n) is 4.62. The van der Waals surface area contributed by atoms with E-state index in [0.717, 1.165) is 31.9 Å². The maximum atomic E-state index is 12.6. The van der Waals surface area contributed by atoms with Crippen LogP contribution < -0.4 is 10.6 Å². The Bertz CT molecular complexity index is 490. The van der Waals surface area contributed by atoms with E-state index in [2.05, 4.69) is 15.7 Å². The smallest absolute Gasteiger partial charge is 0.310 e. The van der Waals surface area contributed by atoms with Crippen molar-refractivity contribution in [1.29, 1.82) is 0 Å². The quantitative estimate of drug-likeness (QED) is 0.891. The summed E-state index contributed by atoms with van der Waals surface area (Å²) in [4.78, 5) is 0. The van der Waals surface area contributed by atoms with Crippen molar-refractivity contribution in [2.75, 3.05) is 6.54 Å². The molecule has 112 valence electrons. The minimum Gasteiger partial charge on any atom is -0.310 e. The van der Waals surface area contributed by atoms with Gasteiger partial charge in [-0.05, 0) is 38.3 Å². The Morgan fingerprint density at radius 3 is 2.80 bits per heavy atom. The van der Waals surface area contributed by atoms with Gasteiger partial charge in [-0.1, -0.05) is 0 Å². The summed E-state index contributed by atoms with van der Waals surface area (Å²) in [5.74, 6) is 0. The molecule has 2 fully saturated rings. The highest BCUT2D eigenvalue weighted by atomic mass is 19.4. The molecule has 0 amide bonds. The van der Waals surface area contributed by atoms with Crippen LogP contribution in [0.2, 0.25) is 0 Å². The second kappa shape index (κ2) is 4.73. The lowest BCUT2D eigenvalue weighted by atomic mass is 9.73. The zero-order chi connectivity index (χ0) is 14.4. The first-order valence-electron chi connectivity index (χ1n) is 6.99. The topological polar surface area (TPSA) is 41.9 Å². The third-order valence-corrected chi connectivity index (χ3v) is 4.62. The molecule has 1 atom stereocenters. The molecule has 1 aromatic rings. The van der Waals surface area contributed by atoms with Crippen molar-refractivity contribution in [3.63, 3.8) is 0 Å². The molecule has 20 heavy (non-hydrogen) atoms. The van der Waals surface area contributed by atoms with Crippen LogP contribution in [-0.4, -0.2) is 27.9 Å². The number of nitrogens with zero attached hydrogens (tertiary/aromatic N) is 2. The molecule has 1 aliphatic carbocycles. The minimum atomic E-state index is -4.37. The number of aromatic nitrogens is 2. The molecule has 0 radical (unpaired) electrons. The SMILES string of the molecule is Cn1nc(C(F)(F)F)cc1CNC1CCNC12CCC2. The van der Waals surface area contributed by atoms with Crippen molar-refractivity contribution in [3.8, 4) is 0 Å². The molecular formula is C13H19F3N4. The van der Waals surface area contributed by atoms with Gasteiger partial charge in [0.2, 0.25) is 0 Å². The predicted molar refractivity (Wildman–Crippen MR) is 68.0 cm³/mol. The van der Waals surface area contributed by atoms with Gasteiger partial charge >= 0.3 is 6.18 Å². The zero-order valence-electron chi connectivity index (χ0n) is 11.4. The summed E-state index contributed by atoms with van der Waals surface area (Å²) in [5.41, 5.74) is -0.0655. The number of hydrogen-bond donors (Lipinski definition) is 2. The van der Waals surface area contributed by atoms with E-state index in [0.29, 0.717) is 18.3 Å². The molecule has 7 heteroatoms. The molecule has 2 heterocycles. The number of nitrogens with one attached hydrogen (secondary N) is 2. The second-order valence-electron chi connectivity index (χ2n) is 5.80. The Kier molecular flexibility index (Phi) is 3.29. The van der Waals surface area contributed by atoms with Gasteiger partial charge in [0.25, 0.3) is 0 Å². The van der Waals surface area contributed by atoms with Gasteiger partial charge in [0.15, 0.2) is 5.69 Å². The number of aryl methyl sites for hydroxylation is 1. The molecular weight excluding hydrogens is 269 g/mol. The van der Waals surface area contributed by atoms with Gasteiger partial charge < -0.3 is 10.6 Å². The van der Waals surface area contributed by atoms with Crippen molar-refractivity contribution in [3.05, 3.63) is 17.5 Å². The van der Waals surface area contributed by atoms with E-state index in [1.54, 1.807) is 7.05 Å². The summed E-state index contributed by atoms with van der Waals surface area (Å²) >= 11 is 0. The Morgan fingerprint density at radius 1 is 1.50 bits per heavy atom. The Morgan fingerprint density at radius 2 is 2.25 bits per heavy atom. The summed E-state index contributed by atoms with van der Waals surface area (Å²) in [6.45, 7) is 1.41. The molecule has 0 bridgehead atoms. The lowest BCUT2D eigenvalue weighted by Gasteiger charge is -2.44. The van der Waals surface area contributed by atoms with Crippen LogP contribution in [0.4, 0.5) is 13.2 Å². The van der Waals surface area contributed by atoms with E-state index in [9.17, 15) is 13.2 Å². The molecule has 3 rings (SSSR count). The van der Waals surface area contributed by atoms with Crippen LogP contribution in [-0.2, 0) is 19.8 Å². The molecule has 2 aliphatic rings. The van der Waals surface area contributed by atoms with Crippen molar-refractivity contribution in [2.45, 2.75) is 50.0 Å². The first-order valence-corrected chi connectivity index (χ1v) is 6.99. The normalized spacial score (nSPS) is 25.1. The monoisotopic (exact) mass is 288 g/mol. The van der Waals surface area contributed by atoms with Crippen molar-refractivity contribution in [1.82, 2.24) is 20.4 Å². The summed E-state index contributed by atoms with van der Waals surface area (Å²) in [5, 5.41) is 10.5. The molecule has 1 saturated heterocycles. The van der Waals surface area contributed by atoms with Crippen LogP contribution in [0.15, 0.2) is 6.07 Å². The average Bonchev–Trinajstić information content (AvgIpc) is 2.88. The largest absolute Gasteiger partial charge is 0.435 e. The standard InChI is InChI=1S/C13H19F3N4/c1-20-9(7-11(19-20)13(14,15)16)8-17-10-3-6-18-12(10)4-2-5-12/h7,10,17-18H,2-6,8H2,1H3. The van der Waals surface area contributed by atoms with Gasteiger partial charge in [-0.2, -0.15) is 18.3 Å². The summed E-state index contributed by atoms with van der Waals surface area (Å²) in [6, 6.07) is 1.48. The van der Waals surface area contributed by atoms with Gasteiger partial charge in [-0.3, -0.25) is 4.68 Å². The fourth-order valence-electron chi connectivity index (χ4n) is 3.28. The van der Waals surface area contributed by atoms with Crippen LogP contribution in [0.3, 0.4) is 0 Å². The Balaban J connectivity index is 1.65. The van der Waals surface area contributed by atoms with Crippen LogP contribution in [0, 0.1) is 0 Å². The van der Waals surface area contributed by atoms with Gasteiger partial charge in [0.1, 0.15) is 0 Å². The van der Waals surface area contributed by atoms with E-state index < -0.39 is 11.9 Å². The zero-order valence-corrected chi connectivity index (χ0v) is 11.4. The van der Waals surface area contributed by atoms with Gasteiger partial charge in [-0.25, -0.2) is 0 Å². The molecule has 4 nitrogen and oxygen atoms in total. The number of halogens is 3. The summed E-state index contributed by atoms with van der Waals surface area (Å²) < 4.78 is 39.1. The van der Waals surface area contributed by atoms with Gasteiger partial charge in [0.05, 0.1) is 5.69 Å². The van der Waals surface area contributed by atoms with E-state index in [1.807, 2.05) is 0 Å². The number of hydrogen-bond acceptors (Lipinski definition) is 3. The molecule has 2 N–H and O–H groups in total. The van der Waals surface area contributed by atoms with E-state index in [1.165, 1.54) is 11.1 Å². The summed E-state index contributed by atoms with van der Waals surface area (Å²) in [6.07, 6.45) is 0.201. The highest BCUT2D eigenvalue weighted by Crippen LogP contribution is 2.39. The van der Waals surface area contributed by atoms with Crippen LogP contribution in [0.25, 0.3) is 0 Å². The fourth-order valence-corrected chi connectivity index (χ4v) is 3.28. The second-order valence-corrected chi connectivity index (χ2v) is 5.80. The third kappa shape index (κ3) is 2.33. The van der Waals surface area contributed by atoms with E-state index in [4.69, 9.17) is 0 Å². The Hall–Kier alpha value is -1.08. The highest BCUT2D eigenvalue weighted by Gasteiger charge is 2.46. The average molecular weight is 288 g/mol. The fraction of sp³-hybridized carbons (Fsp3) is 0.769. The number of rotatable bonds is 3. The maximum Gasteiger partial charge on any atom is 0.435 e. The van der Waals surface area contributed by atoms with Crippen molar-refractivity contribution in [2.24, 2.45) is 7.05 Å². The Labute approximate surface area is 115 Å². The lowest BCUT2D eigenvalue weighted by molar-refractivity contribution is -0.141. The molecule has 1 unspecified atom stereocenters. The predicted octanol–water partition coefficient (Wildman–Crippen LogP) is 1.81. The maximum absolute atomic E-state index is 12.6. The van der Waals surface area contributed by atoms with E-state index in [-0.39, 0.29) is 5.54 Å². The first-order chi connectivity index (χ1) is 9.41. The minimum absolute atomic E-state index is 0.186. The number of alkyl halides is 3.